The molecule has 4 nitrogen and oxygen atoms in total. The van der Waals surface area contributed by atoms with E-state index in [1.165, 1.54) is 10.4 Å². The molecule has 19 heavy (non-hydrogen) atoms. The predicted octanol–water partition coefficient (Wildman–Crippen LogP) is 2.34. The third kappa shape index (κ3) is 2.42. The van der Waals surface area contributed by atoms with Gasteiger partial charge in [0.2, 0.25) is 0 Å². The lowest BCUT2D eigenvalue weighted by Gasteiger charge is -2.38. The summed E-state index contributed by atoms with van der Waals surface area (Å²) in [4.78, 5) is 16.4. The largest absolute Gasteiger partial charge is 0.346 e. The molecule has 104 valence electrons. The van der Waals surface area contributed by atoms with Crippen LogP contribution in [0, 0.1) is 13.8 Å². The number of ether oxygens (including phenoxy) is 2. The molecule has 0 N–H and O–H groups in total. The van der Waals surface area contributed by atoms with Crippen LogP contribution in [0.4, 0.5) is 0 Å². The molecular formula is C14H19NO3S. The van der Waals surface area contributed by atoms with E-state index in [0.29, 0.717) is 19.8 Å². The van der Waals surface area contributed by atoms with Gasteiger partial charge >= 0.3 is 0 Å². The summed E-state index contributed by atoms with van der Waals surface area (Å²) < 4.78 is 11.4. The molecule has 2 aliphatic rings. The first-order chi connectivity index (χ1) is 9.10. The second-order valence-corrected chi connectivity index (χ2v) is 6.54. The minimum Gasteiger partial charge on any atom is -0.346 e. The molecule has 0 aliphatic carbocycles. The van der Waals surface area contributed by atoms with Gasteiger partial charge in [-0.1, -0.05) is 0 Å². The fourth-order valence-electron chi connectivity index (χ4n) is 2.73. The van der Waals surface area contributed by atoms with Crippen molar-refractivity contribution in [2.75, 3.05) is 26.3 Å². The van der Waals surface area contributed by atoms with Crippen molar-refractivity contribution in [1.82, 2.24) is 4.90 Å². The van der Waals surface area contributed by atoms with Gasteiger partial charge in [0.05, 0.1) is 24.6 Å². The number of thiophene rings is 1. The van der Waals surface area contributed by atoms with Gasteiger partial charge in [0.25, 0.3) is 5.91 Å². The first kappa shape index (κ1) is 13.1. The standard InChI is InChI=1S/C14H19NO3S/c1-10-8-12(19-11(10)2)13(16)15-5-3-4-14(9-15)17-6-7-18-14/h8H,3-7,9H2,1-2H3. The van der Waals surface area contributed by atoms with Crippen molar-refractivity contribution in [3.63, 3.8) is 0 Å². The van der Waals surface area contributed by atoms with Crippen LogP contribution >= 0.6 is 11.3 Å². The van der Waals surface area contributed by atoms with E-state index in [1.54, 1.807) is 11.3 Å². The lowest BCUT2D eigenvalue weighted by Crippen LogP contribution is -2.50. The SMILES string of the molecule is Cc1cc(C(=O)N2CCCC3(C2)OCCO3)sc1C. The van der Waals surface area contributed by atoms with Crippen LogP contribution in [0.15, 0.2) is 6.07 Å². The van der Waals surface area contributed by atoms with Crippen LogP contribution in [-0.2, 0) is 9.47 Å². The van der Waals surface area contributed by atoms with Crippen LogP contribution in [0.2, 0.25) is 0 Å². The van der Waals surface area contributed by atoms with Gasteiger partial charge in [-0.05, 0) is 31.9 Å². The highest BCUT2D eigenvalue weighted by atomic mass is 32.1. The van der Waals surface area contributed by atoms with Crippen LogP contribution in [-0.4, -0.2) is 42.9 Å². The van der Waals surface area contributed by atoms with Crippen molar-refractivity contribution in [1.29, 1.82) is 0 Å². The highest BCUT2D eigenvalue weighted by Gasteiger charge is 2.42. The molecule has 0 atom stereocenters. The lowest BCUT2D eigenvalue weighted by atomic mass is 10.0. The van der Waals surface area contributed by atoms with E-state index in [4.69, 9.17) is 9.47 Å². The number of carbonyl (C=O) groups excluding carboxylic acids is 1. The summed E-state index contributed by atoms with van der Waals surface area (Å²) in [5, 5.41) is 0. The van der Waals surface area contributed by atoms with Gasteiger partial charge in [-0.3, -0.25) is 4.79 Å². The van der Waals surface area contributed by atoms with Crippen LogP contribution < -0.4 is 0 Å². The summed E-state index contributed by atoms with van der Waals surface area (Å²) >= 11 is 1.57. The number of carbonyl (C=O) groups is 1. The highest BCUT2D eigenvalue weighted by molar-refractivity contribution is 7.14. The molecule has 1 aromatic rings. The van der Waals surface area contributed by atoms with Gasteiger partial charge < -0.3 is 14.4 Å². The molecule has 3 heterocycles. The van der Waals surface area contributed by atoms with Crippen molar-refractivity contribution in [3.8, 4) is 0 Å². The van der Waals surface area contributed by atoms with Crippen LogP contribution in [0.25, 0.3) is 0 Å². The van der Waals surface area contributed by atoms with Gasteiger partial charge in [-0.15, -0.1) is 11.3 Å². The zero-order valence-corrected chi connectivity index (χ0v) is 12.2. The maximum absolute atomic E-state index is 12.5. The Balaban J connectivity index is 1.76. The third-order valence-electron chi connectivity index (χ3n) is 3.90. The fourth-order valence-corrected chi connectivity index (χ4v) is 3.73. The van der Waals surface area contributed by atoms with Crippen LogP contribution in [0.5, 0.6) is 0 Å². The highest BCUT2D eigenvalue weighted by Crippen LogP contribution is 2.31. The molecule has 0 saturated carbocycles. The molecule has 0 radical (unpaired) electrons. The Labute approximate surface area is 117 Å². The number of aryl methyl sites for hydroxylation is 2. The Morgan fingerprint density at radius 1 is 1.37 bits per heavy atom. The van der Waals surface area contributed by atoms with Crippen molar-refractivity contribution < 1.29 is 14.3 Å². The summed E-state index contributed by atoms with van der Waals surface area (Å²) in [6.45, 7) is 6.73. The molecule has 2 saturated heterocycles. The van der Waals surface area contributed by atoms with E-state index in [2.05, 4.69) is 6.92 Å². The second kappa shape index (κ2) is 4.89. The van der Waals surface area contributed by atoms with E-state index < -0.39 is 5.79 Å². The molecule has 5 heteroatoms. The number of hydrogen-bond donors (Lipinski definition) is 0. The average molecular weight is 281 g/mol. The van der Waals surface area contributed by atoms with Crippen molar-refractivity contribution in [2.45, 2.75) is 32.5 Å². The predicted molar refractivity (Wildman–Crippen MR) is 73.6 cm³/mol. The number of amides is 1. The Kier molecular flexibility index (Phi) is 3.37. The van der Waals surface area contributed by atoms with Gasteiger partial charge in [0, 0.05) is 17.8 Å². The second-order valence-electron chi connectivity index (χ2n) is 5.29. The monoisotopic (exact) mass is 281 g/mol. The Bertz CT molecular complexity index is 471. The van der Waals surface area contributed by atoms with Gasteiger partial charge in [-0.2, -0.15) is 0 Å². The van der Waals surface area contributed by atoms with E-state index >= 15 is 0 Å². The molecule has 0 aromatic carbocycles. The molecule has 1 spiro atoms. The summed E-state index contributed by atoms with van der Waals surface area (Å²) in [6.07, 6.45) is 1.83. The topological polar surface area (TPSA) is 38.8 Å². The van der Waals surface area contributed by atoms with Crippen molar-refractivity contribution in [2.24, 2.45) is 0 Å². The molecule has 0 bridgehead atoms. The van der Waals surface area contributed by atoms with Crippen molar-refractivity contribution in [3.05, 3.63) is 21.4 Å². The van der Waals surface area contributed by atoms with E-state index in [1.807, 2.05) is 17.9 Å². The number of rotatable bonds is 1. The maximum Gasteiger partial charge on any atom is 0.264 e. The first-order valence-corrected chi connectivity index (χ1v) is 7.55. The number of hydrogen-bond acceptors (Lipinski definition) is 4. The Hall–Kier alpha value is -0.910. The summed E-state index contributed by atoms with van der Waals surface area (Å²) in [7, 11) is 0. The minimum absolute atomic E-state index is 0.111. The molecule has 2 fully saturated rings. The van der Waals surface area contributed by atoms with Crippen LogP contribution in [0.1, 0.15) is 33.0 Å². The molecule has 1 aromatic heterocycles. The number of piperidine rings is 1. The first-order valence-electron chi connectivity index (χ1n) is 6.74. The van der Waals surface area contributed by atoms with Crippen molar-refractivity contribution >= 4 is 17.2 Å². The minimum atomic E-state index is -0.532. The molecule has 3 rings (SSSR count). The van der Waals surface area contributed by atoms with Gasteiger partial charge in [0.1, 0.15) is 0 Å². The summed E-state index contributed by atoms with van der Waals surface area (Å²) in [5.74, 6) is -0.422. The lowest BCUT2D eigenvalue weighted by molar-refractivity contribution is -0.183. The smallest absolute Gasteiger partial charge is 0.264 e. The summed E-state index contributed by atoms with van der Waals surface area (Å²) in [5.41, 5.74) is 1.19. The van der Waals surface area contributed by atoms with E-state index in [-0.39, 0.29) is 5.91 Å². The zero-order chi connectivity index (χ0) is 13.5. The molecule has 0 unspecified atom stereocenters. The van der Waals surface area contributed by atoms with E-state index in [9.17, 15) is 4.79 Å². The molecule has 2 aliphatic heterocycles. The average Bonchev–Trinajstić information content (AvgIpc) is 2.97. The fraction of sp³-hybridized carbons (Fsp3) is 0.643. The molecular weight excluding hydrogens is 262 g/mol. The zero-order valence-electron chi connectivity index (χ0n) is 11.4. The van der Waals surface area contributed by atoms with Gasteiger partial charge in [0.15, 0.2) is 5.79 Å². The normalized spacial score (nSPS) is 22.1. The van der Waals surface area contributed by atoms with Crippen LogP contribution in [0.3, 0.4) is 0 Å². The number of likely N-dealkylation sites (tertiary alicyclic amines) is 1. The van der Waals surface area contributed by atoms with E-state index in [0.717, 1.165) is 24.3 Å². The molecule has 1 amide bonds. The summed E-state index contributed by atoms with van der Waals surface area (Å²) in [6, 6.07) is 1.99. The quantitative estimate of drug-likeness (QED) is 0.793. The Morgan fingerprint density at radius 2 is 2.11 bits per heavy atom. The Morgan fingerprint density at radius 3 is 2.74 bits per heavy atom. The maximum atomic E-state index is 12.5. The van der Waals surface area contributed by atoms with Gasteiger partial charge in [-0.25, -0.2) is 0 Å². The third-order valence-corrected chi connectivity index (χ3v) is 5.04. The number of nitrogens with zero attached hydrogens (tertiary/aromatic N) is 1.